The van der Waals surface area contributed by atoms with Gasteiger partial charge in [-0.15, -0.1) is 6.42 Å². The second kappa shape index (κ2) is 15.7. The number of ether oxygens (including phenoxy) is 2. The van der Waals surface area contributed by atoms with Gasteiger partial charge in [0.15, 0.2) is 0 Å². The second-order valence-electron chi connectivity index (χ2n) is 10.3. The van der Waals surface area contributed by atoms with E-state index in [1.165, 1.54) is 4.90 Å². The fourth-order valence-corrected chi connectivity index (χ4v) is 3.67. The molecule has 2 atom stereocenters. The lowest BCUT2D eigenvalue weighted by Gasteiger charge is -2.35. The van der Waals surface area contributed by atoms with Crippen LogP contribution in [0.4, 0.5) is 4.79 Å². The van der Waals surface area contributed by atoms with Crippen molar-refractivity contribution >= 4 is 23.9 Å². The van der Waals surface area contributed by atoms with Crippen LogP contribution in [0.5, 0.6) is 0 Å². The molecule has 0 aliphatic rings. The average Bonchev–Trinajstić information content (AvgIpc) is 2.83. The highest BCUT2D eigenvalue weighted by Crippen LogP contribution is 2.25. The standard InChI is InChI=1S/C29H43N3O6/c1-9-12-19-32(27(35)24(20(4)5)31-28(36)38-29(6,7)8)25(22-15-13-21(10-2)14-16-22)26(34)30-18-17-23(33)37-11-3/h2,13-16,20,24-25H,9,11-12,17-19H2,1,3-8H3,(H,30,34)(H,31,36). The molecule has 1 aromatic rings. The van der Waals surface area contributed by atoms with Crippen molar-refractivity contribution in [3.05, 3.63) is 35.4 Å². The van der Waals surface area contributed by atoms with E-state index in [2.05, 4.69) is 16.6 Å². The Labute approximate surface area is 227 Å². The predicted molar refractivity (Wildman–Crippen MR) is 146 cm³/mol. The van der Waals surface area contributed by atoms with Crippen LogP contribution >= 0.6 is 0 Å². The summed E-state index contributed by atoms with van der Waals surface area (Å²) < 4.78 is 10.3. The molecule has 9 heteroatoms. The number of esters is 1. The van der Waals surface area contributed by atoms with Gasteiger partial charge < -0.3 is 25.0 Å². The number of amides is 3. The summed E-state index contributed by atoms with van der Waals surface area (Å²) in [5, 5.41) is 5.46. The molecule has 0 aromatic heterocycles. The van der Waals surface area contributed by atoms with Gasteiger partial charge in [-0.05, 0) is 57.7 Å². The van der Waals surface area contributed by atoms with Crippen molar-refractivity contribution in [2.75, 3.05) is 19.7 Å². The van der Waals surface area contributed by atoms with Crippen LogP contribution in [0, 0.1) is 18.3 Å². The Morgan fingerprint density at radius 1 is 1.08 bits per heavy atom. The minimum atomic E-state index is -1.01. The number of hydrogen-bond donors (Lipinski definition) is 2. The number of carbonyl (C=O) groups excluding carboxylic acids is 4. The molecule has 3 amide bonds. The van der Waals surface area contributed by atoms with Crippen molar-refractivity contribution in [3.63, 3.8) is 0 Å². The lowest BCUT2D eigenvalue weighted by atomic mass is 9.98. The lowest BCUT2D eigenvalue weighted by Crippen LogP contribution is -2.55. The molecule has 2 N–H and O–H groups in total. The maximum absolute atomic E-state index is 14.0. The third-order valence-electron chi connectivity index (χ3n) is 5.53. The molecule has 1 aromatic carbocycles. The predicted octanol–water partition coefficient (Wildman–Crippen LogP) is 3.96. The first-order valence-corrected chi connectivity index (χ1v) is 13.1. The van der Waals surface area contributed by atoms with Crippen LogP contribution in [-0.2, 0) is 23.9 Å². The van der Waals surface area contributed by atoms with Gasteiger partial charge in [0.1, 0.15) is 17.7 Å². The van der Waals surface area contributed by atoms with Crippen molar-refractivity contribution in [2.24, 2.45) is 5.92 Å². The van der Waals surface area contributed by atoms with Crippen LogP contribution in [0.2, 0.25) is 0 Å². The Balaban J connectivity index is 3.39. The molecule has 2 unspecified atom stereocenters. The molecule has 0 spiro atoms. The summed E-state index contributed by atoms with van der Waals surface area (Å²) in [4.78, 5) is 53.3. The minimum Gasteiger partial charge on any atom is -0.466 e. The van der Waals surface area contributed by atoms with Gasteiger partial charge in [0.05, 0.1) is 13.0 Å². The van der Waals surface area contributed by atoms with Crippen molar-refractivity contribution < 1.29 is 28.7 Å². The molecule has 210 valence electrons. The summed E-state index contributed by atoms with van der Waals surface area (Å²) in [5.74, 6) is 0.974. The first kappa shape index (κ1) is 32.5. The average molecular weight is 530 g/mol. The topological polar surface area (TPSA) is 114 Å². The molecule has 0 saturated carbocycles. The van der Waals surface area contributed by atoms with Gasteiger partial charge in [-0.2, -0.15) is 0 Å². The summed E-state index contributed by atoms with van der Waals surface area (Å²) >= 11 is 0. The molecule has 0 radical (unpaired) electrons. The summed E-state index contributed by atoms with van der Waals surface area (Å²) in [7, 11) is 0. The number of nitrogens with zero attached hydrogens (tertiary/aromatic N) is 1. The maximum atomic E-state index is 14.0. The van der Waals surface area contributed by atoms with Crippen LogP contribution in [0.25, 0.3) is 0 Å². The van der Waals surface area contributed by atoms with Crippen molar-refractivity contribution in [1.82, 2.24) is 15.5 Å². The minimum absolute atomic E-state index is 0.0000559. The van der Waals surface area contributed by atoms with E-state index in [-0.39, 0.29) is 32.0 Å². The Kier molecular flexibility index (Phi) is 13.4. The van der Waals surface area contributed by atoms with E-state index in [0.29, 0.717) is 17.5 Å². The quantitative estimate of drug-likeness (QED) is 0.295. The Morgan fingerprint density at radius 2 is 1.71 bits per heavy atom. The highest BCUT2D eigenvalue weighted by atomic mass is 16.6. The number of benzene rings is 1. The zero-order chi connectivity index (χ0) is 28.9. The van der Waals surface area contributed by atoms with E-state index < -0.39 is 41.6 Å². The van der Waals surface area contributed by atoms with Gasteiger partial charge in [-0.25, -0.2) is 4.79 Å². The lowest BCUT2D eigenvalue weighted by molar-refractivity contribution is -0.144. The van der Waals surface area contributed by atoms with Gasteiger partial charge in [0.2, 0.25) is 11.8 Å². The fourth-order valence-electron chi connectivity index (χ4n) is 3.67. The molecule has 0 heterocycles. The molecule has 1 rings (SSSR count). The van der Waals surface area contributed by atoms with Gasteiger partial charge >= 0.3 is 12.1 Å². The van der Waals surface area contributed by atoms with Gasteiger partial charge in [-0.3, -0.25) is 14.4 Å². The maximum Gasteiger partial charge on any atom is 0.408 e. The molecular weight excluding hydrogens is 486 g/mol. The van der Waals surface area contributed by atoms with Gasteiger partial charge in [0.25, 0.3) is 0 Å². The van der Waals surface area contributed by atoms with E-state index in [0.717, 1.165) is 6.42 Å². The van der Waals surface area contributed by atoms with Gasteiger partial charge in [-0.1, -0.05) is 45.2 Å². The second-order valence-corrected chi connectivity index (χ2v) is 10.3. The number of terminal acetylenes is 1. The summed E-state index contributed by atoms with van der Waals surface area (Å²) in [6.45, 7) is 13.1. The van der Waals surface area contributed by atoms with Gasteiger partial charge in [0, 0.05) is 18.7 Å². The van der Waals surface area contributed by atoms with Crippen molar-refractivity contribution in [3.8, 4) is 12.3 Å². The summed E-state index contributed by atoms with van der Waals surface area (Å²) in [6.07, 6.45) is 6.21. The molecular formula is C29H43N3O6. The number of rotatable bonds is 13. The SMILES string of the molecule is C#Cc1ccc(C(C(=O)NCCC(=O)OCC)N(CCCC)C(=O)C(NC(=O)OC(C)(C)C)C(C)C)cc1. The molecule has 0 aliphatic heterocycles. The van der Waals surface area contributed by atoms with Crippen LogP contribution in [-0.4, -0.2) is 60.1 Å². The first-order chi connectivity index (χ1) is 17.8. The van der Waals surface area contributed by atoms with E-state index >= 15 is 0 Å². The zero-order valence-corrected chi connectivity index (χ0v) is 23.8. The van der Waals surface area contributed by atoms with Crippen molar-refractivity contribution in [1.29, 1.82) is 0 Å². The highest BCUT2D eigenvalue weighted by Gasteiger charge is 2.37. The highest BCUT2D eigenvalue weighted by molar-refractivity contribution is 5.92. The number of nitrogens with one attached hydrogen (secondary N) is 2. The normalized spacial score (nSPS) is 12.6. The van der Waals surface area contributed by atoms with E-state index in [4.69, 9.17) is 15.9 Å². The first-order valence-electron chi connectivity index (χ1n) is 13.1. The largest absolute Gasteiger partial charge is 0.466 e. The fraction of sp³-hybridized carbons (Fsp3) is 0.586. The van der Waals surface area contributed by atoms with Crippen LogP contribution in [0.1, 0.15) is 84.9 Å². The van der Waals surface area contributed by atoms with Crippen molar-refractivity contribution in [2.45, 2.75) is 85.4 Å². The van der Waals surface area contributed by atoms with Crippen LogP contribution in [0.3, 0.4) is 0 Å². The Bertz CT molecular complexity index is 976. The smallest absolute Gasteiger partial charge is 0.408 e. The van der Waals surface area contributed by atoms with E-state index in [1.807, 2.05) is 20.8 Å². The Morgan fingerprint density at radius 3 is 2.21 bits per heavy atom. The molecule has 0 aliphatic carbocycles. The number of alkyl carbamates (subject to hydrolysis) is 1. The third kappa shape index (κ3) is 10.8. The van der Waals surface area contributed by atoms with Crippen LogP contribution < -0.4 is 10.6 Å². The molecule has 0 fully saturated rings. The number of unbranched alkanes of at least 4 members (excludes halogenated alkanes) is 1. The van der Waals surface area contributed by atoms with Crippen LogP contribution in [0.15, 0.2) is 24.3 Å². The molecule has 38 heavy (non-hydrogen) atoms. The Hall–Kier alpha value is -3.54. The summed E-state index contributed by atoms with van der Waals surface area (Å²) in [5.41, 5.74) is 0.451. The zero-order valence-electron chi connectivity index (χ0n) is 23.8. The molecule has 0 saturated heterocycles. The monoisotopic (exact) mass is 529 g/mol. The molecule has 9 nitrogen and oxygen atoms in total. The summed E-state index contributed by atoms with van der Waals surface area (Å²) in [6, 6.07) is 4.89. The van der Waals surface area contributed by atoms with E-state index in [1.54, 1.807) is 52.0 Å². The number of carbonyl (C=O) groups is 4. The number of hydrogen-bond acceptors (Lipinski definition) is 6. The third-order valence-corrected chi connectivity index (χ3v) is 5.53. The molecule has 0 bridgehead atoms. The van der Waals surface area contributed by atoms with E-state index in [9.17, 15) is 19.2 Å².